The number of fused-ring (bicyclic) bond motifs is 1. The number of carbonyl (C=O) groups is 2. The summed E-state index contributed by atoms with van der Waals surface area (Å²) in [6.07, 6.45) is 2.66. The zero-order chi connectivity index (χ0) is 17.6. The lowest BCUT2D eigenvalue weighted by atomic mass is 10.1. The molecule has 2 aromatic carbocycles. The number of amides is 2. The fourth-order valence-corrected chi connectivity index (χ4v) is 2.84. The molecule has 2 N–H and O–H groups in total. The molecule has 5 heteroatoms. The lowest BCUT2D eigenvalue weighted by Gasteiger charge is -2.20. The summed E-state index contributed by atoms with van der Waals surface area (Å²) in [6.45, 7) is 2.04. The summed E-state index contributed by atoms with van der Waals surface area (Å²) in [7, 11) is 0. The largest absolute Gasteiger partial charge is 0.361 e. The van der Waals surface area contributed by atoms with Gasteiger partial charge in [0, 0.05) is 36.3 Å². The van der Waals surface area contributed by atoms with Gasteiger partial charge in [-0.3, -0.25) is 9.59 Å². The number of hydrogen-bond donors (Lipinski definition) is 2. The van der Waals surface area contributed by atoms with Gasteiger partial charge in [0.1, 0.15) is 0 Å². The maximum atomic E-state index is 12.2. The predicted octanol–water partition coefficient (Wildman–Crippen LogP) is 3.20. The number of para-hydroxylation sites is 2. The highest BCUT2D eigenvalue weighted by Gasteiger charge is 2.14. The van der Waals surface area contributed by atoms with Gasteiger partial charge in [0.05, 0.1) is 6.54 Å². The first-order chi connectivity index (χ1) is 12.1. The molecule has 0 radical (unpaired) electrons. The monoisotopic (exact) mass is 335 g/mol. The number of rotatable bonds is 6. The van der Waals surface area contributed by atoms with Gasteiger partial charge in [-0.2, -0.15) is 0 Å². The number of benzene rings is 2. The Morgan fingerprint density at radius 3 is 2.52 bits per heavy atom. The molecule has 0 spiro atoms. The van der Waals surface area contributed by atoms with Crippen molar-refractivity contribution in [1.29, 1.82) is 0 Å². The second kappa shape index (κ2) is 7.66. The van der Waals surface area contributed by atoms with E-state index < -0.39 is 0 Å². The molecule has 1 aromatic heterocycles. The van der Waals surface area contributed by atoms with Gasteiger partial charge in [-0.25, -0.2) is 0 Å². The van der Waals surface area contributed by atoms with Gasteiger partial charge in [-0.05, 0) is 30.2 Å². The van der Waals surface area contributed by atoms with E-state index >= 15 is 0 Å². The van der Waals surface area contributed by atoms with Crippen molar-refractivity contribution >= 4 is 28.4 Å². The minimum absolute atomic E-state index is 0.0482. The fourth-order valence-electron chi connectivity index (χ4n) is 2.84. The molecule has 0 aliphatic carbocycles. The lowest BCUT2D eigenvalue weighted by Crippen LogP contribution is -2.37. The van der Waals surface area contributed by atoms with Crippen molar-refractivity contribution in [1.82, 2.24) is 9.88 Å². The number of nitrogens with one attached hydrogen (secondary N) is 2. The van der Waals surface area contributed by atoms with Crippen molar-refractivity contribution in [2.45, 2.75) is 13.3 Å². The Morgan fingerprint density at radius 1 is 1.04 bits per heavy atom. The van der Waals surface area contributed by atoms with Crippen LogP contribution >= 0.6 is 0 Å². The second-order valence-electron chi connectivity index (χ2n) is 5.96. The first kappa shape index (κ1) is 16.8. The summed E-state index contributed by atoms with van der Waals surface area (Å²) in [5.41, 5.74) is 2.95. The third kappa shape index (κ3) is 4.26. The van der Waals surface area contributed by atoms with Crippen LogP contribution in [-0.2, 0) is 16.0 Å². The van der Waals surface area contributed by atoms with Crippen LogP contribution in [-0.4, -0.2) is 34.8 Å². The first-order valence-electron chi connectivity index (χ1n) is 8.29. The Hall–Kier alpha value is -3.08. The van der Waals surface area contributed by atoms with Crippen molar-refractivity contribution in [3.05, 3.63) is 66.4 Å². The summed E-state index contributed by atoms with van der Waals surface area (Å²) in [4.78, 5) is 28.9. The molecule has 128 valence electrons. The highest BCUT2D eigenvalue weighted by Crippen LogP contribution is 2.18. The van der Waals surface area contributed by atoms with E-state index in [0.29, 0.717) is 13.0 Å². The Kier molecular flexibility index (Phi) is 5.14. The lowest BCUT2D eigenvalue weighted by molar-refractivity contribution is -0.132. The van der Waals surface area contributed by atoms with Crippen LogP contribution in [0.25, 0.3) is 10.9 Å². The molecule has 0 atom stereocenters. The Bertz CT molecular complexity index is 871. The predicted molar refractivity (Wildman–Crippen MR) is 99.3 cm³/mol. The smallest absolute Gasteiger partial charge is 0.243 e. The Morgan fingerprint density at radius 2 is 1.76 bits per heavy atom. The third-order valence-electron chi connectivity index (χ3n) is 4.16. The van der Waals surface area contributed by atoms with Gasteiger partial charge < -0.3 is 15.2 Å². The molecule has 2 amide bonds. The Labute approximate surface area is 146 Å². The van der Waals surface area contributed by atoms with Gasteiger partial charge in [0.2, 0.25) is 11.8 Å². The minimum Gasteiger partial charge on any atom is -0.361 e. The van der Waals surface area contributed by atoms with Gasteiger partial charge >= 0.3 is 0 Å². The van der Waals surface area contributed by atoms with Crippen LogP contribution in [0.3, 0.4) is 0 Å². The van der Waals surface area contributed by atoms with Crippen LogP contribution in [0.2, 0.25) is 0 Å². The van der Waals surface area contributed by atoms with Crippen molar-refractivity contribution in [3.8, 4) is 0 Å². The Balaban J connectivity index is 1.61. The molecule has 3 rings (SSSR count). The van der Waals surface area contributed by atoms with Crippen molar-refractivity contribution in [2.24, 2.45) is 0 Å². The maximum Gasteiger partial charge on any atom is 0.243 e. The van der Waals surface area contributed by atoms with Gasteiger partial charge in [-0.15, -0.1) is 0 Å². The highest BCUT2D eigenvalue weighted by atomic mass is 16.2. The van der Waals surface area contributed by atoms with Crippen LogP contribution in [0, 0.1) is 0 Å². The third-order valence-corrected chi connectivity index (χ3v) is 4.16. The summed E-state index contributed by atoms with van der Waals surface area (Å²) in [5, 5.41) is 3.96. The zero-order valence-electron chi connectivity index (χ0n) is 14.2. The molecule has 0 saturated heterocycles. The van der Waals surface area contributed by atoms with E-state index in [1.807, 2.05) is 54.7 Å². The number of carbonyl (C=O) groups excluding carboxylic acids is 2. The first-order valence-corrected chi connectivity index (χ1v) is 8.29. The standard InChI is InChI=1S/C20H21N3O2/c1-15(24)23(14-20(25)22-17-7-3-2-4-8-17)12-11-16-13-21-19-10-6-5-9-18(16)19/h2-10,13,21H,11-12,14H2,1H3,(H,22,25). The minimum atomic E-state index is -0.194. The zero-order valence-corrected chi connectivity index (χ0v) is 14.2. The van der Waals surface area contributed by atoms with E-state index in [4.69, 9.17) is 0 Å². The number of aromatic nitrogens is 1. The average molecular weight is 335 g/mol. The molecule has 0 fully saturated rings. The highest BCUT2D eigenvalue weighted by molar-refractivity contribution is 5.94. The molecular weight excluding hydrogens is 314 g/mol. The molecule has 0 aliphatic rings. The summed E-state index contributed by atoms with van der Waals surface area (Å²) < 4.78 is 0. The number of anilines is 1. The number of H-pyrrole nitrogens is 1. The summed E-state index contributed by atoms with van der Waals surface area (Å²) in [5.74, 6) is -0.302. The molecule has 5 nitrogen and oxygen atoms in total. The molecule has 0 unspecified atom stereocenters. The van der Waals surface area contributed by atoms with Crippen LogP contribution < -0.4 is 5.32 Å². The molecule has 0 aliphatic heterocycles. The molecule has 25 heavy (non-hydrogen) atoms. The van der Waals surface area contributed by atoms with E-state index in [2.05, 4.69) is 16.4 Å². The van der Waals surface area contributed by atoms with E-state index in [-0.39, 0.29) is 18.4 Å². The topological polar surface area (TPSA) is 65.2 Å². The molecule has 1 heterocycles. The van der Waals surface area contributed by atoms with Crippen molar-refractivity contribution in [2.75, 3.05) is 18.4 Å². The molecule has 0 saturated carbocycles. The average Bonchev–Trinajstić information content (AvgIpc) is 3.02. The van der Waals surface area contributed by atoms with E-state index in [1.165, 1.54) is 6.92 Å². The second-order valence-corrected chi connectivity index (χ2v) is 5.96. The van der Waals surface area contributed by atoms with Gasteiger partial charge in [-0.1, -0.05) is 36.4 Å². The summed E-state index contributed by atoms with van der Waals surface area (Å²) >= 11 is 0. The van der Waals surface area contributed by atoms with E-state index in [0.717, 1.165) is 22.2 Å². The number of aromatic amines is 1. The van der Waals surface area contributed by atoms with E-state index in [1.54, 1.807) is 4.90 Å². The fraction of sp³-hybridized carbons (Fsp3) is 0.200. The number of nitrogens with zero attached hydrogens (tertiary/aromatic N) is 1. The number of hydrogen-bond acceptors (Lipinski definition) is 2. The normalized spacial score (nSPS) is 10.6. The van der Waals surface area contributed by atoms with Crippen molar-refractivity contribution in [3.63, 3.8) is 0 Å². The molecular formula is C20H21N3O2. The molecule has 0 bridgehead atoms. The van der Waals surface area contributed by atoms with Crippen LogP contribution in [0.15, 0.2) is 60.8 Å². The maximum absolute atomic E-state index is 12.2. The van der Waals surface area contributed by atoms with Crippen molar-refractivity contribution < 1.29 is 9.59 Å². The molecule has 3 aromatic rings. The van der Waals surface area contributed by atoms with Crippen LogP contribution in [0.5, 0.6) is 0 Å². The SMILES string of the molecule is CC(=O)N(CCc1c[nH]c2ccccc12)CC(=O)Nc1ccccc1. The summed E-state index contributed by atoms with van der Waals surface area (Å²) in [6, 6.07) is 17.3. The van der Waals surface area contributed by atoms with Gasteiger partial charge in [0.15, 0.2) is 0 Å². The van der Waals surface area contributed by atoms with Gasteiger partial charge in [0.25, 0.3) is 0 Å². The van der Waals surface area contributed by atoms with E-state index in [9.17, 15) is 9.59 Å². The quantitative estimate of drug-likeness (QED) is 0.726. The van der Waals surface area contributed by atoms with Crippen LogP contribution in [0.4, 0.5) is 5.69 Å². The van der Waals surface area contributed by atoms with Crippen LogP contribution in [0.1, 0.15) is 12.5 Å².